The minimum atomic E-state index is 0.250. The molecule has 0 unspecified atom stereocenters. The number of hydrogen-bond acceptors (Lipinski definition) is 4. The van der Waals surface area contributed by atoms with Gasteiger partial charge in [0.25, 0.3) is 0 Å². The molecule has 5 nitrogen and oxygen atoms in total. The van der Waals surface area contributed by atoms with E-state index in [1.54, 1.807) is 0 Å². The molecule has 1 heterocycles. The van der Waals surface area contributed by atoms with Gasteiger partial charge in [-0.1, -0.05) is 0 Å². The highest BCUT2D eigenvalue weighted by Gasteiger charge is 2.18. The Morgan fingerprint density at radius 3 is 2.33 bits per heavy atom. The van der Waals surface area contributed by atoms with Crippen LogP contribution in [0.4, 0.5) is 11.4 Å². The molecule has 0 atom stereocenters. The number of hydrogen-bond donors (Lipinski definition) is 1. The number of benzene rings is 1. The topological polar surface area (TPSA) is 38.8 Å². The first-order chi connectivity index (χ1) is 10.1. The molecule has 1 aromatic rings. The largest absolute Gasteiger partial charge is 0.385 e. The fourth-order valence-electron chi connectivity index (χ4n) is 2.41. The van der Waals surface area contributed by atoms with E-state index in [4.69, 9.17) is 0 Å². The van der Waals surface area contributed by atoms with Gasteiger partial charge in [-0.05, 0) is 31.3 Å². The van der Waals surface area contributed by atoms with Crippen molar-refractivity contribution >= 4 is 17.3 Å². The first-order valence-corrected chi connectivity index (χ1v) is 7.54. The Balaban J connectivity index is 1.72. The van der Waals surface area contributed by atoms with Gasteiger partial charge in [0.1, 0.15) is 0 Å². The summed E-state index contributed by atoms with van der Waals surface area (Å²) >= 11 is 0. The van der Waals surface area contributed by atoms with Crippen LogP contribution in [0, 0.1) is 0 Å². The molecule has 0 aliphatic carbocycles. The third-order valence-electron chi connectivity index (χ3n) is 3.91. The Labute approximate surface area is 127 Å². The first kappa shape index (κ1) is 15.6. The van der Waals surface area contributed by atoms with Crippen molar-refractivity contribution in [3.63, 3.8) is 0 Å². The number of carbonyl (C=O) groups excluding carboxylic acids is 1. The molecule has 5 heteroatoms. The molecule has 116 valence electrons. The minimum absolute atomic E-state index is 0.250. The van der Waals surface area contributed by atoms with Crippen LogP contribution >= 0.6 is 0 Å². The van der Waals surface area contributed by atoms with E-state index in [0.29, 0.717) is 13.0 Å². The third-order valence-corrected chi connectivity index (χ3v) is 3.91. The van der Waals surface area contributed by atoms with Gasteiger partial charge in [0.15, 0.2) is 0 Å². The van der Waals surface area contributed by atoms with Gasteiger partial charge >= 0.3 is 0 Å². The zero-order valence-electron chi connectivity index (χ0n) is 13.3. The van der Waals surface area contributed by atoms with Gasteiger partial charge in [-0.15, -0.1) is 0 Å². The highest BCUT2D eigenvalue weighted by Crippen LogP contribution is 2.15. The molecule has 0 aromatic heterocycles. The minimum Gasteiger partial charge on any atom is -0.385 e. The van der Waals surface area contributed by atoms with Gasteiger partial charge in [0, 0.05) is 64.6 Å². The molecule has 21 heavy (non-hydrogen) atoms. The molecule has 0 radical (unpaired) electrons. The van der Waals surface area contributed by atoms with E-state index in [1.165, 1.54) is 5.69 Å². The normalized spacial score (nSPS) is 15.9. The van der Waals surface area contributed by atoms with Gasteiger partial charge in [-0.3, -0.25) is 4.79 Å². The van der Waals surface area contributed by atoms with Crippen LogP contribution in [0.1, 0.15) is 6.42 Å². The van der Waals surface area contributed by atoms with Crippen LogP contribution in [0.15, 0.2) is 24.3 Å². The molecule has 0 bridgehead atoms. The second-order valence-electron chi connectivity index (χ2n) is 5.80. The number of nitrogens with one attached hydrogen (secondary N) is 1. The number of amides is 1. The maximum Gasteiger partial charge on any atom is 0.224 e. The molecule has 1 aromatic carbocycles. The number of carbonyl (C=O) groups is 1. The lowest BCUT2D eigenvalue weighted by Gasteiger charge is -2.32. The summed E-state index contributed by atoms with van der Waals surface area (Å²) in [5.74, 6) is 0.250. The number of likely N-dealkylation sites (N-methyl/N-ethyl adjacent to an activating group) is 1. The van der Waals surface area contributed by atoms with Crippen molar-refractivity contribution in [3.05, 3.63) is 24.3 Å². The second-order valence-corrected chi connectivity index (χ2v) is 5.80. The molecular weight excluding hydrogens is 264 g/mol. The van der Waals surface area contributed by atoms with Crippen molar-refractivity contribution < 1.29 is 4.79 Å². The Bertz CT molecular complexity index is 450. The molecule has 1 amide bonds. The lowest BCUT2D eigenvalue weighted by molar-refractivity contribution is -0.132. The van der Waals surface area contributed by atoms with E-state index in [1.807, 2.05) is 19.0 Å². The summed E-state index contributed by atoms with van der Waals surface area (Å²) in [5, 5.41) is 3.31. The van der Waals surface area contributed by atoms with Crippen LogP contribution in [0.2, 0.25) is 0 Å². The Kier molecular flexibility index (Phi) is 5.44. The summed E-state index contributed by atoms with van der Waals surface area (Å²) in [6.07, 6.45) is 0.555. The smallest absolute Gasteiger partial charge is 0.224 e. The Morgan fingerprint density at radius 2 is 1.76 bits per heavy atom. The van der Waals surface area contributed by atoms with Crippen LogP contribution in [-0.4, -0.2) is 69.6 Å². The fraction of sp³-hybridized carbons (Fsp3) is 0.562. The maximum absolute atomic E-state index is 12.1. The van der Waals surface area contributed by atoms with Gasteiger partial charge in [0.2, 0.25) is 5.91 Å². The van der Waals surface area contributed by atoms with E-state index < -0.39 is 0 Å². The van der Waals surface area contributed by atoms with E-state index in [-0.39, 0.29) is 5.91 Å². The SMILES string of the molecule is CN1CCN(C(=O)CCNc2ccc(N(C)C)cc2)CC1. The summed E-state index contributed by atoms with van der Waals surface area (Å²) in [6.45, 7) is 4.35. The Hall–Kier alpha value is -1.75. The number of rotatable bonds is 5. The zero-order chi connectivity index (χ0) is 15.2. The van der Waals surface area contributed by atoms with Gasteiger partial charge in [-0.2, -0.15) is 0 Å². The molecule has 2 rings (SSSR count). The number of nitrogens with zero attached hydrogens (tertiary/aromatic N) is 3. The van der Waals surface area contributed by atoms with Crippen molar-refractivity contribution in [2.45, 2.75) is 6.42 Å². The predicted octanol–water partition coefficient (Wildman–Crippen LogP) is 1.33. The number of piperazine rings is 1. The lowest BCUT2D eigenvalue weighted by atomic mass is 10.2. The average molecular weight is 290 g/mol. The van der Waals surface area contributed by atoms with Gasteiger partial charge in [0.05, 0.1) is 0 Å². The quantitative estimate of drug-likeness (QED) is 0.888. The van der Waals surface area contributed by atoms with Crippen molar-refractivity contribution in [1.29, 1.82) is 0 Å². The maximum atomic E-state index is 12.1. The highest BCUT2D eigenvalue weighted by atomic mass is 16.2. The Morgan fingerprint density at radius 1 is 1.14 bits per heavy atom. The predicted molar refractivity (Wildman–Crippen MR) is 88.0 cm³/mol. The third kappa shape index (κ3) is 4.63. The monoisotopic (exact) mass is 290 g/mol. The van der Waals surface area contributed by atoms with Crippen molar-refractivity contribution in [2.75, 3.05) is 64.1 Å². The standard InChI is InChI=1S/C16H26N4O/c1-18(2)15-6-4-14(5-7-15)17-9-8-16(21)20-12-10-19(3)11-13-20/h4-7,17H,8-13H2,1-3H3. The van der Waals surface area contributed by atoms with Crippen molar-refractivity contribution in [2.24, 2.45) is 0 Å². The lowest BCUT2D eigenvalue weighted by Crippen LogP contribution is -2.47. The van der Waals surface area contributed by atoms with Crippen molar-refractivity contribution in [3.8, 4) is 0 Å². The molecule has 1 aliphatic rings. The summed E-state index contributed by atoms with van der Waals surface area (Å²) < 4.78 is 0. The molecule has 1 fully saturated rings. The van der Waals surface area contributed by atoms with Crippen LogP contribution in [-0.2, 0) is 4.79 Å². The summed E-state index contributed by atoms with van der Waals surface area (Å²) in [6, 6.07) is 8.25. The van der Waals surface area contributed by atoms with E-state index in [2.05, 4.69) is 46.4 Å². The molecule has 1 saturated heterocycles. The van der Waals surface area contributed by atoms with Crippen LogP contribution < -0.4 is 10.2 Å². The summed E-state index contributed by atoms with van der Waals surface area (Å²) in [4.78, 5) is 18.4. The van der Waals surface area contributed by atoms with E-state index >= 15 is 0 Å². The van der Waals surface area contributed by atoms with Crippen molar-refractivity contribution in [1.82, 2.24) is 9.80 Å². The van der Waals surface area contributed by atoms with E-state index in [0.717, 1.165) is 31.9 Å². The van der Waals surface area contributed by atoms with Gasteiger partial charge < -0.3 is 20.0 Å². The van der Waals surface area contributed by atoms with E-state index in [9.17, 15) is 4.79 Å². The van der Waals surface area contributed by atoms with Crippen LogP contribution in [0.3, 0.4) is 0 Å². The molecule has 0 spiro atoms. The summed E-state index contributed by atoms with van der Waals surface area (Å²) in [5.41, 5.74) is 2.24. The van der Waals surface area contributed by atoms with Crippen LogP contribution in [0.25, 0.3) is 0 Å². The number of anilines is 2. The molecule has 1 N–H and O–H groups in total. The first-order valence-electron chi connectivity index (χ1n) is 7.54. The fourth-order valence-corrected chi connectivity index (χ4v) is 2.41. The second kappa shape index (κ2) is 7.31. The molecule has 0 saturated carbocycles. The van der Waals surface area contributed by atoms with Crippen LogP contribution in [0.5, 0.6) is 0 Å². The summed E-state index contributed by atoms with van der Waals surface area (Å²) in [7, 11) is 6.15. The van der Waals surface area contributed by atoms with Gasteiger partial charge in [-0.25, -0.2) is 0 Å². The molecular formula is C16H26N4O. The average Bonchev–Trinajstić information content (AvgIpc) is 2.48. The zero-order valence-corrected chi connectivity index (χ0v) is 13.3. The highest BCUT2D eigenvalue weighted by molar-refractivity contribution is 5.76. The molecule has 1 aliphatic heterocycles.